The Labute approximate surface area is 173 Å². The highest BCUT2D eigenvalue weighted by molar-refractivity contribution is 5.86. The van der Waals surface area contributed by atoms with Gasteiger partial charge in [-0.3, -0.25) is 9.59 Å². The van der Waals surface area contributed by atoms with E-state index in [1.54, 1.807) is 11.0 Å². The first-order valence-corrected chi connectivity index (χ1v) is 11.4. The van der Waals surface area contributed by atoms with E-state index in [2.05, 4.69) is 20.4 Å². The third-order valence-electron chi connectivity index (χ3n) is 7.23. The summed E-state index contributed by atoms with van der Waals surface area (Å²) >= 11 is 0. The number of tetrazole rings is 1. The largest absolute Gasteiger partial charge is 0.342 e. The monoisotopic (exact) mass is 402 g/mol. The van der Waals surface area contributed by atoms with Crippen LogP contribution >= 0.6 is 0 Å². The van der Waals surface area contributed by atoms with Crippen molar-refractivity contribution in [1.82, 2.24) is 30.0 Å². The quantitative estimate of drug-likeness (QED) is 0.698. The summed E-state index contributed by atoms with van der Waals surface area (Å²) < 4.78 is 1.65. The van der Waals surface area contributed by atoms with Crippen LogP contribution in [0.3, 0.4) is 0 Å². The van der Waals surface area contributed by atoms with Gasteiger partial charge in [-0.15, -0.1) is 5.10 Å². The van der Waals surface area contributed by atoms with E-state index in [4.69, 9.17) is 0 Å². The minimum Gasteiger partial charge on any atom is -0.342 e. The van der Waals surface area contributed by atoms with Gasteiger partial charge in [0.15, 0.2) is 0 Å². The molecule has 0 unspecified atom stereocenters. The molecule has 160 valence electrons. The SMILES string of the molecule is O=C(CCCn1cnnn1)N1CC[C@@]2(CCCN(CCC3CCCCC3)C2=O)C1. The van der Waals surface area contributed by atoms with Gasteiger partial charge in [0.25, 0.3) is 0 Å². The molecule has 8 heteroatoms. The summed E-state index contributed by atoms with van der Waals surface area (Å²) in [6.45, 7) is 3.77. The zero-order valence-electron chi connectivity index (χ0n) is 17.5. The Morgan fingerprint density at radius 1 is 1.10 bits per heavy atom. The zero-order chi connectivity index (χ0) is 20.1. The van der Waals surface area contributed by atoms with Crippen molar-refractivity contribution in [2.75, 3.05) is 26.2 Å². The van der Waals surface area contributed by atoms with E-state index in [9.17, 15) is 9.59 Å². The molecular formula is C21H34N6O2. The lowest BCUT2D eigenvalue weighted by molar-refractivity contribution is -0.146. The van der Waals surface area contributed by atoms with Crippen LogP contribution in [0.25, 0.3) is 0 Å². The summed E-state index contributed by atoms with van der Waals surface area (Å²) in [6.07, 6.45) is 13.5. The summed E-state index contributed by atoms with van der Waals surface area (Å²) in [5, 5.41) is 11.0. The van der Waals surface area contributed by atoms with Gasteiger partial charge >= 0.3 is 0 Å². The summed E-state index contributed by atoms with van der Waals surface area (Å²) in [7, 11) is 0. The topological polar surface area (TPSA) is 84.2 Å². The van der Waals surface area contributed by atoms with Crippen molar-refractivity contribution in [3.05, 3.63) is 6.33 Å². The molecule has 2 saturated heterocycles. The minimum absolute atomic E-state index is 0.155. The first kappa shape index (κ1) is 20.3. The lowest BCUT2D eigenvalue weighted by Crippen LogP contribution is -2.50. The molecule has 1 saturated carbocycles. The molecule has 0 aromatic carbocycles. The van der Waals surface area contributed by atoms with Gasteiger partial charge in [0.2, 0.25) is 11.8 Å². The van der Waals surface area contributed by atoms with Gasteiger partial charge in [-0.2, -0.15) is 0 Å². The first-order chi connectivity index (χ1) is 14.2. The summed E-state index contributed by atoms with van der Waals surface area (Å²) in [6, 6.07) is 0. The highest BCUT2D eigenvalue weighted by Gasteiger charge is 2.49. The number of aryl methyl sites for hydroxylation is 1. The van der Waals surface area contributed by atoms with E-state index in [1.165, 1.54) is 32.1 Å². The van der Waals surface area contributed by atoms with Crippen LogP contribution in [-0.4, -0.2) is 68.0 Å². The van der Waals surface area contributed by atoms with E-state index in [1.807, 2.05) is 4.90 Å². The average molecular weight is 403 g/mol. The molecule has 8 nitrogen and oxygen atoms in total. The smallest absolute Gasteiger partial charge is 0.230 e. The molecule has 3 aliphatic rings. The molecule has 1 aromatic rings. The Hall–Kier alpha value is -1.99. The van der Waals surface area contributed by atoms with Crippen LogP contribution in [0, 0.1) is 11.3 Å². The standard InChI is InChI=1S/C21H34N6O2/c28-19(8-4-13-27-17-22-23-24-27)26-15-11-21(16-26)10-5-12-25(20(21)29)14-9-18-6-2-1-3-7-18/h17-18H,1-16H2/t21-/m0/s1. The Morgan fingerprint density at radius 2 is 1.97 bits per heavy atom. The Balaban J connectivity index is 1.26. The van der Waals surface area contributed by atoms with Crippen LogP contribution in [0.4, 0.5) is 0 Å². The molecule has 0 radical (unpaired) electrons. The molecular weight excluding hydrogens is 368 g/mol. The summed E-state index contributed by atoms with van der Waals surface area (Å²) in [4.78, 5) is 30.0. The maximum absolute atomic E-state index is 13.3. The second kappa shape index (κ2) is 9.22. The zero-order valence-corrected chi connectivity index (χ0v) is 17.5. The third kappa shape index (κ3) is 4.78. The molecule has 3 fully saturated rings. The highest BCUT2D eigenvalue weighted by Crippen LogP contribution is 2.40. The van der Waals surface area contributed by atoms with Crippen LogP contribution in [0.1, 0.15) is 70.6 Å². The van der Waals surface area contributed by atoms with E-state index < -0.39 is 0 Å². The molecule has 0 N–H and O–H groups in total. The van der Waals surface area contributed by atoms with Crippen LogP contribution in [0.5, 0.6) is 0 Å². The number of aromatic nitrogens is 4. The lowest BCUT2D eigenvalue weighted by atomic mass is 9.78. The molecule has 2 aliphatic heterocycles. The van der Waals surface area contributed by atoms with Crippen molar-refractivity contribution in [1.29, 1.82) is 0 Å². The van der Waals surface area contributed by atoms with Crippen molar-refractivity contribution >= 4 is 11.8 Å². The molecule has 1 aromatic heterocycles. The number of hydrogen-bond donors (Lipinski definition) is 0. The van der Waals surface area contributed by atoms with Crippen LogP contribution in [-0.2, 0) is 16.1 Å². The predicted octanol–water partition coefficient (Wildman–Crippen LogP) is 2.26. The number of carbonyl (C=O) groups is 2. The fourth-order valence-electron chi connectivity index (χ4n) is 5.48. The van der Waals surface area contributed by atoms with Crippen LogP contribution in [0.2, 0.25) is 0 Å². The van der Waals surface area contributed by atoms with E-state index in [0.29, 0.717) is 32.0 Å². The van der Waals surface area contributed by atoms with E-state index >= 15 is 0 Å². The Morgan fingerprint density at radius 3 is 2.76 bits per heavy atom. The Kier molecular flexibility index (Phi) is 6.45. The van der Waals surface area contributed by atoms with Crippen molar-refractivity contribution < 1.29 is 9.59 Å². The molecule has 1 spiro atoms. The maximum atomic E-state index is 13.3. The van der Waals surface area contributed by atoms with Crippen LogP contribution in [0.15, 0.2) is 6.33 Å². The second-order valence-corrected chi connectivity index (χ2v) is 9.21. The van der Waals surface area contributed by atoms with Gasteiger partial charge < -0.3 is 9.80 Å². The van der Waals surface area contributed by atoms with Gasteiger partial charge in [0.1, 0.15) is 6.33 Å². The lowest BCUT2D eigenvalue weighted by Gasteiger charge is -2.40. The highest BCUT2D eigenvalue weighted by atomic mass is 16.2. The fraction of sp³-hybridized carbons (Fsp3) is 0.857. The van der Waals surface area contributed by atoms with Gasteiger partial charge in [-0.05, 0) is 48.4 Å². The van der Waals surface area contributed by atoms with Crippen molar-refractivity contribution in [3.63, 3.8) is 0 Å². The normalized spacial score (nSPS) is 25.9. The molecule has 1 aliphatic carbocycles. The second-order valence-electron chi connectivity index (χ2n) is 9.21. The predicted molar refractivity (Wildman–Crippen MR) is 108 cm³/mol. The Bertz CT molecular complexity index is 687. The number of amides is 2. The van der Waals surface area contributed by atoms with Crippen LogP contribution < -0.4 is 0 Å². The molecule has 4 rings (SSSR count). The minimum atomic E-state index is -0.323. The number of nitrogens with zero attached hydrogens (tertiary/aromatic N) is 6. The van der Waals surface area contributed by atoms with Gasteiger partial charge in [-0.25, -0.2) is 4.68 Å². The number of hydrogen-bond acceptors (Lipinski definition) is 5. The number of piperidine rings is 1. The molecule has 29 heavy (non-hydrogen) atoms. The summed E-state index contributed by atoms with van der Waals surface area (Å²) in [5.41, 5.74) is -0.323. The first-order valence-electron chi connectivity index (χ1n) is 11.4. The van der Waals surface area contributed by atoms with Gasteiger partial charge in [0, 0.05) is 39.1 Å². The number of carbonyl (C=O) groups excluding carboxylic acids is 2. The van der Waals surface area contributed by atoms with E-state index in [-0.39, 0.29) is 11.3 Å². The molecule has 1 atom stereocenters. The van der Waals surface area contributed by atoms with Gasteiger partial charge in [0.05, 0.1) is 5.41 Å². The third-order valence-corrected chi connectivity index (χ3v) is 7.23. The molecule has 3 heterocycles. The van der Waals surface area contributed by atoms with Gasteiger partial charge in [-0.1, -0.05) is 32.1 Å². The van der Waals surface area contributed by atoms with Crippen molar-refractivity contribution in [3.8, 4) is 0 Å². The maximum Gasteiger partial charge on any atom is 0.230 e. The van der Waals surface area contributed by atoms with Crippen molar-refractivity contribution in [2.24, 2.45) is 11.3 Å². The molecule has 0 bridgehead atoms. The summed E-state index contributed by atoms with van der Waals surface area (Å²) in [5.74, 6) is 1.27. The number of rotatable bonds is 7. The fourth-order valence-corrected chi connectivity index (χ4v) is 5.48. The number of likely N-dealkylation sites (tertiary alicyclic amines) is 2. The molecule has 2 amide bonds. The van der Waals surface area contributed by atoms with Crippen molar-refractivity contribution in [2.45, 2.75) is 77.2 Å². The average Bonchev–Trinajstić information content (AvgIpc) is 3.41. The van der Waals surface area contributed by atoms with E-state index in [0.717, 1.165) is 51.1 Å².